The number of aromatic nitrogens is 3. The molecule has 0 saturated heterocycles. The lowest BCUT2D eigenvalue weighted by Crippen LogP contribution is -2.16. The summed E-state index contributed by atoms with van der Waals surface area (Å²) in [5.41, 5.74) is 3.46. The molecule has 0 saturated carbocycles. The number of hydrogen-bond donors (Lipinski definition) is 1. The normalized spacial score (nSPS) is 11.9. The first-order chi connectivity index (χ1) is 13.6. The summed E-state index contributed by atoms with van der Waals surface area (Å²) in [6.07, 6.45) is 2.50. The van der Waals surface area contributed by atoms with E-state index in [2.05, 4.69) is 31.3 Å². The number of rotatable bonds is 4. The molecule has 2 aromatic carbocycles. The highest BCUT2D eigenvalue weighted by Gasteiger charge is 2.20. The van der Waals surface area contributed by atoms with Gasteiger partial charge in [-0.3, -0.25) is 5.32 Å². The maximum absolute atomic E-state index is 12.6. The van der Waals surface area contributed by atoms with E-state index in [0.717, 1.165) is 15.6 Å². The second-order valence-electron chi connectivity index (χ2n) is 6.20. The lowest BCUT2D eigenvalue weighted by atomic mass is 10.1. The van der Waals surface area contributed by atoms with Crippen molar-refractivity contribution in [3.8, 4) is 11.3 Å². The molecule has 28 heavy (non-hydrogen) atoms. The Kier molecular flexibility index (Phi) is 5.08. The van der Waals surface area contributed by atoms with Gasteiger partial charge in [0.05, 0.1) is 0 Å². The summed E-state index contributed by atoms with van der Waals surface area (Å²) >= 11 is 3.43. The Bertz CT molecular complexity index is 1110. The zero-order valence-electron chi connectivity index (χ0n) is 15.0. The van der Waals surface area contributed by atoms with Crippen molar-refractivity contribution in [1.82, 2.24) is 14.6 Å². The minimum atomic E-state index is -0.560. The third-order valence-corrected chi connectivity index (χ3v) is 4.82. The van der Waals surface area contributed by atoms with E-state index in [1.165, 1.54) is 0 Å². The van der Waals surface area contributed by atoms with Crippen molar-refractivity contribution < 1.29 is 9.53 Å². The SMILES string of the molecule is C[C@@H](OC(=O)Nc1c(-c2ccc(Br)cc2)nn2cccnc12)c1ccccc1. The first-order valence-electron chi connectivity index (χ1n) is 8.73. The number of fused-ring (bicyclic) bond motifs is 1. The van der Waals surface area contributed by atoms with Gasteiger partial charge in [0.2, 0.25) is 0 Å². The minimum Gasteiger partial charge on any atom is -0.441 e. The molecule has 0 bridgehead atoms. The predicted octanol–water partition coefficient (Wildman–Crippen LogP) is 5.47. The van der Waals surface area contributed by atoms with Crippen LogP contribution in [0.15, 0.2) is 77.5 Å². The molecule has 0 radical (unpaired) electrons. The average Bonchev–Trinajstić information content (AvgIpc) is 3.07. The second-order valence-corrected chi connectivity index (χ2v) is 7.12. The van der Waals surface area contributed by atoms with Crippen molar-refractivity contribution in [1.29, 1.82) is 0 Å². The molecule has 6 nitrogen and oxygen atoms in total. The summed E-state index contributed by atoms with van der Waals surface area (Å²) in [5, 5.41) is 7.40. The number of nitrogens with zero attached hydrogens (tertiary/aromatic N) is 3. The molecule has 0 fully saturated rings. The highest BCUT2D eigenvalue weighted by Crippen LogP contribution is 2.31. The maximum Gasteiger partial charge on any atom is 0.412 e. The van der Waals surface area contributed by atoms with Crippen molar-refractivity contribution >= 4 is 33.4 Å². The van der Waals surface area contributed by atoms with Crippen LogP contribution in [-0.4, -0.2) is 20.7 Å². The summed E-state index contributed by atoms with van der Waals surface area (Å²) in [6.45, 7) is 1.83. The van der Waals surface area contributed by atoms with Gasteiger partial charge >= 0.3 is 6.09 Å². The molecule has 0 unspecified atom stereocenters. The Morgan fingerprint density at radius 2 is 1.86 bits per heavy atom. The number of nitrogens with one attached hydrogen (secondary N) is 1. The summed E-state index contributed by atoms with van der Waals surface area (Å²) in [4.78, 5) is 16.9. The molecule has 1 amide bonds. The Morgan fingerprint density at radius 1 is 1.11 bits per heavy atom. The summed E-state index contributed by atoms with van der Waals surface area (Å²) < 4.78 is 8.14. The molecule has 0 aliphatic heterocycles. The third kappa shape index (κ3) is 3.75. The lowest BCUT2D eigenvalue weighted by molar-refractivity contribution is 0.121. The van der Waals surface area contributed by atoms with E-state index in [-0.39, 0.29) is 6.10 Å². The van der Waals surface area contributed by atoms with Crippen LogP contribution in [0.1, 0.15) is 18.6 Å². The highest BCUT2D eigenvalue weighted by molar-refractivity contribution is 9.10. The van der Waals surface area contributed by atoms with Gasteiger partial charge in [-0.25, -0.2) is 14.3 Å². The van der Waals surface area contributed by atoms with Gasteiger partial charge in [-0.2, -0.15) is 5.10 Å². The van der Waals surface area contributed by atoms with Gasteiger partial charge in [0, 0.05) is 22.4 Å². The number of halogens is 1. The number of benzene rings is 2. The van der Waals surface area contributed by atoms with Crippen LogP contribution >= 0.6 is 15.9 Å². The van der Waals surface area contributed by atoms with E-state index in [0.29, 0.717) is 17.0 Å². The fourth-order valence-electron chi connectivity index (χ4n) is 2.90. The molecule has 0 aliphatic rings. The summed E-state index contributed by atoms with van der Waals surface area (Å²) in [7, 11) is 0. The van der Waals surface area contributed by atoms with Crippen molar-refractivity contribution in [2.24, 2.45) is 0 Å². The van der Waals surface area contributed by atoms with Gasteiger partial charge in [0.25, 0.3) is 0 Å². The first kappa shape index (κ1) is 18.2. The lowest BCUT2D eigenvalue weighted by Gasteiger charge is -2.14. The highest BCUT2D eigenvalue weighted by atomic mass is 79.9. The van der Waals surface area contributed by atoms with E-state index in [1.54, 1.807) is 23.0 Å². The first-order valence-corrected chi connectivity index (χ1v) is 9.53. The molecule has 2 aromatic heterocycles. The van der Waals surface area contributed by atoms with Crippen LogP contribution in [-0.2, 0) is 4.74 Å². The van der Waals surface area contributed by atoms with E-state index in [1.807, 2.05) is 61.5 Å². The quantitative estimate of drug-likeness (QED) is 0.460. The van der Waals surface area contributed by atoms with E-state index in [9.17, 15) is 4.79 Å². The molecule has 1 atom stereocenters. The largest absolute Gasteiger partial charge is 0.441 e. The van der Waals surface area contributed by atoms with Gasteiger partial charge in [0.15, 0.2) is 5.65 Å². The molecule has 140 valence electrons. The number of amides is 1. The molecular formula is C21H17BrN4O2. The third-order valence-electron chi connectivity index (χ3n) is 4.29. The average molecular weight is 437 g/mol. The van der Waals surface area contributed by atoms with Crippen molar-refractivity contribution in [2.75, 3.05) is 5.32 Å². The number of anilines is 1. The molecule has 0 aliphatic carbocycles. The molecule has 4 rings (SSSR count). The van der Waals surface area contributed by atoms with Crippen LogP contribution in [0.4, 0.5) is 10.5 Å². The Morgan fingerprint density at radius 3 is 2.61 bits per heavy atom. The van der Waals surface area contributed by atoms with Crippen LogP contribution in [0.3, 0.4) is 0 Å². The van der Waals surface area contributed by atoms with E-state index in [4.69, 9.17) is 4.74 Å². The van der Waals surface area contributed by atoms with Gasteiger partial charge in [-0.05, 0) is 30.7 Å². The monoisotopic (exact) mass is 436 g/mol. The van der Waals surface area contributed by atoms with Crippen molar-refractivity contribution in [3.05, 3.63) is 83.1 Å². The van der Waals surface area contributed by atoms with E-state index < -0.39 is 6.09 Å². The predicted molar refractivity (Wildman–Crippen MR) is 111 cm³/mol. The van der Waals surface area contributed by atoms with Crippen LogP contribution in [0.2, 0.25) is 0 Å². The number of carbonyl (C=O) groups excluding carboxylic acids is 1. The van der Waals surface area contributed by atoms with Crippen LogP contribution in [0.25, 0.3) is 16.9 Å². The molecule has 4 aromatic rings. The zero-order chi connectivity index (χ0) is 19.5. The number of carbonyl (C=O) groups is 1. The fraction of sp³-hybridized carbons (Fsp3) is 0.0952. The zero-order valence-corrected chi connectivity index (χ0v) is 16.6. The van der Waals surface area contributed by atoms with Gasteiger partial charge in [-0.1, -0.05) is 58.4 Å². The topological polar surface area (TPSA) is 68.5 Å². The summed E-state index contributed by atoms with van der Waals surface area (Å²) in [6, 6.07) is 19.1. The van der Waals surface area contributed by atoms with Crippen molar-refractivity contribution in [2.45, 2.75) is 13.0 Å². The van der Waals surface area contributed by atoms with Crippen LogP contribution in [0.5, 0.6) is 0 Å². The van der Waals surface area contributed by atoms with Crippen LogP contribution in [0, 0.1) is 0 Å². The maximum atomic E-state index is 12.6. The molecule has 1 N–H and O–H groups in total. The number of ether oxygens (including phenoxy) is 1. The Balaban J connectivity index is 1.64. The molecule has 7 heteroatoms. The molecular weight excluding hydrogens is 420 g/mol. The van der Waals surface area contributed by atoms with Gasteiger partial charge < -0.3 is 4.74 Å². The minimum absolute atomic E-state index is 0.382. The number of hydrogen-bond acceptors (Lipinski definition) is 4. The Labute approximate surface area is 170 Å². The smallest absolute Gasteiger partial charge is 0.412 e. The van der Waals surface area contributed by atoms with Crippen LogP contribution < -0.4 is 5.32 Å². The second kappa shape index (κ2) is 7.82. The van der Waals surface area contributed by atoms with Gasteiger partial charge in [0.1, 0.15) is 17.5 Å². The fourth-order valence-corrected chi connectivity index (χ4v) is 3.16. The molecule has 2 heterocycles. The van der Waals surface area contributed by atoms with Gasteiger partial charge in [-0.15, -0.1) is 0 Å². The Hall–Kier alpha value is -3.19. The summed E-state index contributed by atoms with van der Waals surface area (Å²) in [5.74, 6) is 0. The van der Waals surface area contributed by atoms with E-state index >= 15 is 0 Å². The molecule has 0 spiro atoms. The van der Waals surface area contributed by atoms with Crippen molar-refractivity contribution in [3.63, 3.8) is 0 Å². The standard InChI is InChI=1S/C21H17BrN4O2/c1-14(15-6-3-2-4-7-15)28-21(27)24-19-18(16-8-10-17(22)11-9-16)25-26-13-5-12-23-20(19)26/h2-14H,1H3,(H,24,27)/t14-/m1/s1.